The van der Waals surface area contributed by atoms with Crippen LogP contribution in [0.15, 0.2) is 22.7 Å². The van der Waals surface area contributed by atoms with Crippen molar-refractivity contribution in [3.8, 4) is 0 Å². The molecule has 0 spiro atoms. The summed E-state index contributed by atoms with van der Waals surface area (Å²) in [7, 11) is 0. The van der Waals surface area contributed by atoms with Gasteiger partial charge in [-0.2, -0.15) is 0 Å². The van der Waals surface area contributed by atoms with Gasteiger partial charge in [-0.1, -0.05) is 41.3 Å². The number of rotatable bonds is 4. The number of carbonyl (C=O) groups is 3. The van der Waals surface area contributed by atoms with Gasteiger partial charge in [-0.25, -0.2) is 4.79 Å². The Labute approximate surface area is 161 Å². The van der Waals surface area contributed by atoms with Gasteiger partial charge >= 0.3 is 6.03 Å². The molecule has 140 valence electrons. The lowest BCUT2D eigenvalue weighted by molar-refractivity contribution is -0.135. The summed E-state index contributed by atoms with van der Waals surface area (Å²) < 4.78 is 0.884. The summed E-state index contributed by atoms with van der Waals surface area (Å²) in [4.78, 5) is 38.6. The van der Waals surface area contributed by atoms with E-state index in [9.17, 15) is 14.4 Å². The molecule has 3 rings (SSSR count). The van der Waals surface area contributed by atoms with Gasteiger partial charge in [-0.05, 0) is 50.3 Å². The number of hydrogen-bond donors (Lipinski definition) is 2. The third-order valence-electron chi connectivity index (χ3n) is 5.48. The molecule has 1 aromatic carbocycles. The van der Waals surface area contributed by atoms with Gasteiger partial charge in [0.1, 0.15) is 12.1 Å². The van der Waals surface area contributed by atoms with Crippen molar-refractivity contribution in [3.63, 3.8) is 0 Å². The zero-order chi connectivity index (χ0) is 18.9. The Kier molecular flexibility index (Phi) is 5.37. The van der Waals surface area contributed by atoms with Gasteiger partial charge in [-0.3, -0.25) is 14.5 Å². The van der Waals surface area contributed by atoms with Gasteiger partial charge in [0.05, 0.1) is 0 Å². The summed E-state index contributed by atoms with van der Waals surface area (Å²) in [5.41, 5.74) is 0.778. The van der Waals surface area contributed by atoms with E-state index >= 15 is 0 Å². The quantitative estimate of drug-likeness (QED) is 0.728. The molecule has 0 unspecified atom stereocenters. The molecule has 1 aliphatic carbocycles. The lowest BCUT2D eigenvalue weighted by atomic mass is 9.75. The van der Waals surface area contributed by atoms with Gasteiger partial charge in [0, 0.05) is 10.2 Å². The minimum Gasteiger partial charge on any atom is -0.324 e. The number of aryl methyl sites for hydroxylation is 1. The van der Waals surface area contributed by atoms with Crippen LogP contribution in [0.2, 0.25) is 0 Å². The summed E-state index contributed by atoms with van der Waals surface area (Å²) in [5.74, 6) is -0.555. The standard InChI is InChI=1S/C19H24BrN3O3/c1-12-8-9-14(10-15(12)20)21-16(24)11-23-17(25)19(2,22-18(23)26)13-6-4-3-5-7-13/h8-10,13H,3-7,11H2,1-2H3,(H,21,24)(H,22,26)/t19-/m0/s1. The summed E-state index contributed by atoms with van der Waals surface area (Å²) in [6.07, 6.45) is 5.19. The first-order valence-corrected chi connectivity index (χ1v) is 9.80. The van der Waals surface area contributed by atoms with Crippen LogP contribution >= 0.6 is 15.9 Å². The molecular weight excluding hydrogens is 398 g/mol. The second kappa shape index (κ2) is 7.39. The maximum atomic E-state index is 12.9. The van der Waals surface area contributed by atoms with Gasteiger partial charge in [0.25, 0.3) is 5.91 Å². The summed E-state index contributed by atoms with van der Waals surface area (Å²) in [6.45, 7) is 3.46. The van der Waals surface area contributed by atoms with E-state index in [4.69, 9.17) is 0 Å². The van der Waals surface area contributed by atoms with Crippen molar-refractivity contribution in [3.05, 3.63) is 28.2 Å². The van der Waals surface area contributed by atoms with Crippen molar-refractivity contribution in [2.45, 2.75) is 51.5 Å². The Morgan fingerprint density at radius 2 is 2.00 bits per heavy atom. The van der Waals surface area contributed by atoms with Gasteiger partial charge in [0.2, 0.25) is 5.91 Å². The molecular formula is C19H24BrN3O3. The molecule has 1 saturated carbocycles. The largest absolute Gasteiger partial charge is 0.325 e. The molecule has 6 nitrogen and oxygen atoms in total. The van der Waals surface area contributed by atoms with Gasteiger partial charge in [0.15, 0.2) is 0 Å². The molecule has 1 saturated heterocycles. The van der Waals surface area contributed by atoms with E-state index in [0.717, 1.165) is 40.6 Å². The van der Waals surface area contributed by atoms with Crippen LogP contribution in [0.25, 0.3) is 0 Å². The van der Waals surface area contributed by atoms with E-state index in [2.05, 4.69) is 26.6 Å². The van der Waals surface area contributed by atoms with E-state index < -0.39 is 17.5 Å². The molecule has 7 heteroatoms. The number of hydrogen-bond acceptors (Lipinski definition) is 3. The number of imide groups is 1. The minimum atomic E-state index is -0.898. The van der Waals surface area contributed by atoms with Crippen LogP contribution in [0.3, 0.4) is 0 Å². The molecule has 1 aliphatic heterocycles. The van der Waals surface area contributed by atoms with Crippen molar-refractivity contribution < 1.29 is 14.4 Å². The molecule has 0 bridgehead atoms. The van der Waals surface area contributed by atoms with Crippen molar-refractivity contribution in [1.29, 1.82) is 0 Å². The molecule has 0 aromatic heterocycles. The maximum Gasteiger partial charge on any atom is 0.325 e. The number of nitrogens with one attached hydrogen (secondary N) is 2. The molecule has 2 fully saturated rings. The Bertz CT molecular complexity index is 746. The second-order valence-electron chi connectivity index (χ2n) is 7.37. The van der Waals surface area contributed by atoms with E-state index in [1.807, 2.05) is 13.0 Å². The molecule has 2 aliphatic rings. The molecule has 1 aromatic rings. The van der Waals surface area contributed by atoms with Crippen LogP contribution in [0.4, 0.5) is 10.5 Å². The number of benzene rings is 1. The highest BCUT2D eigenvalue weighted by Crippen LogP contribution is 2.36. The maximum absolute atomic E-state index is 12.9. The molecule has 26 heavy (non-hydrogen) atoms. The summed E-state index contributed by atoms with van der Waals surface area (Å²) >= 11 is 3.42. The average Bonchev–Trinajstić information content (AvgIpc) is 2.83. The van der Waals surface area contributed by atoms with Crippen molar-refractivity contribution in [2.75, 3.05) is 11.9 Å². The van der Waals surface area contributed by atoms with Crippen LogP contribution in [0.1, 0.15) is 44.6 Å². The highest BCUT2D eigenvalue weighted by Gasteiger charge is 2.52. The summed E-state index contributed by atoms with van der Waals surface area (Å²) in [6, 6.07) is 4.98. The van der Waals surface area contributed by atoms with Gasteiger partial charge in [-0.15, -0.1) is 0 Å². The van der Waals surface area contributed by atoms with Crippen LogP contribution in [0.5, 0.6) is 0 Å². The Hall–Kier alpha value is -1.89. The highest BCUT2D eigenvalue weighted by atomic mass is 79.9. The fourth-order valence-electron chi connectivity index (χ4n) is 3.83. The van der Waals surface area contributed by atoms with Crippen LogP contribution in [-0.2, 0) is 9.59 Å². The minimum absolute atomic E-state index is 0.133. The average molecular weight is 422 g/mol. The predicted octanol–water partition coefficient (Wildman–Crippen LogP) is 3.59. The summed E-state index contributed by atoms with van der Waals surface area (Å²) in [5, 5.41) is 5.58. The Morgan fingerprint density at radius 3 is 2.65 bits per heavy atom. The number of halogens is 1. The highest BCUT2D eigenvalue weighted by molar-refractivity contribution is 9.10. The van der Waals surface area contributed by atoms with Crippen LogP contribution < -0.4 is 10.6 Å². The fraction of sp³-hybridized carbons (Fsp3) is 0.526. The zero-order valence-electron chi connectivity index (χ0n) is 15.1. The normalized spacial score (nSPS) is 23.9. The predicted molar refractivity (Wildman–Crippen MR) is 103 cm³/mol. The van der Waals surface area contributed by atoms with Crippen LogP contribution in [-0.4, -0.2) is 34.8 Å². The molecule has 1 heterocycles. The number of amides is 4. The second-order valence-corrected chi connectivity index (χ2v) is 8.23. The van der Waals surface area contributed by atoms with Crippen molar-refractivity contribution >= 4 is 39.5 Å². The number of nitrogens with zero attached hydrogens (tertiary/aromatic N) is 1. The van der Waals surface area contributed by atoms with E-state index in [1.54, 1.807) is 19.1 Å². The van der Waals surface area contributed by atoms with Crippen molar-refractivity contribution in [1.82, 2.24) is 10.2 Å². The molecule has 0 radical (unpaired) electrons. The van der Waals surface area contributed by atoms with Crippen molar-refractivity contribution in [2.24, 2.45) is 5.92 Å². The topological polar surface area (TPSA) is 78.5 Å². The lowest BCUT2D eigenvalue weighted by Crippen LogP contribution is -2.51. The molecule has 1 atom stereocenters. The Morgan fingerprint density at radius 1 is 1.31 bits per heavy atom. The monoisotopic (exact) mass is 421 g/mol. The van der Waals surface area contributed by atoms with E-state index in [0.29, 0.717) is 5.69 Å². The third-order valence-corrected chi connectivity index (χ3v) is 6.33. The fourth-order valence-corrected chi connectivity index (χ4v) is 4.21. The molecule has 4 amide bonds. The van der Waals surface area contributed by atoms with E-state index in [1.165, 1.54) is 6.42 Å². The first kappa shape index (κ1) is 18.9. The smallest absolute Gasteiger partial charge is 0.324 e. The van der Waals surface area contributed by atoms with Crippen LogP contribution in [0, 0.1) is 12.8 Å². The SMILES string of the molecule is Cc1ccc(NC(=O)CN2C(=O)N[C@@](C)(C3CCCCC3)C2=O)cc1Br. The lowest BCUT2D eigenvalue weighted by Gasteiger charge is -2.34. The number of carbonyl (C=O) groups excluding carboxylic acids is 3. The third kappa shape index (κ3) is 3.63. The van der Waals surface area contributed by atoms with Gasteiger partial charge < -0.3 is 10.6 Å². The Balaban J connectivity index is 1.67. The molecule has 2 N–H and O–H groups in total. The zero-order valence-corrected chi connectivity index (χ0v) is 16.7. The van der Waals surface area contributed by atoms with E-state index in [-0.39, 0.29) is 18.4 Å². The first-order valence-electron chi connectivity index (χ1n) is 9.01. The number of anilines is 1. The first-order chi connectivity index (χ1) is 12.3. The number of urea groups is 1.